The van der Waals surface area contributed by atoms with Crippen molar-refractivity contribution in [1.82, 2.24) is 19.9 Å². The largest absolute Gasteiger partial charge is 0.461 e. The number of pyridine rings is 1. The van der Waals surface area contributed by atoms with E-state index in [2.05, 4.69) is 20.8 Å². The summed E-state index contributed by atoms with van der Waals surface area (Å²) in [6, 6.07) is 8.08. The van der Waals surface area contributed by atoms with Gasteiger partial charge in [-0.1, -0.05) is 30.2 Å². The van der Waals surface area contributed by atoms with E-state index in [4.69, 9.17) is 16.1 Å². The minimum absolute atomic E-state index is 0.00203. The molecule has 0 unspecified atom stereocenters. The van der Waals surface area contributed by atoms with E-state index in [0.717, 1.165) is 25.8 Å². The summed E-state index contributed by atoms with van der Waals surface area (Å²) in [6.45, 7) is 2.61. The third-order valence-corrected chi connectivity index (χ3v) is 9.11. The van der Waals surface area contributed by atoms with E-state index in [0.29, 0.717) is 53.6 Å². The van der Waals surface area contributed by atoms with Gasteiger partial charge in [0.1, 0.15) is 35.6 Å². The number of halogens is 3. The van der Waals surface area contributed by atoms with Crippen LogP contribution in [0.2, 0.25) is 0 Å². The van der Waals surface area contributed by atoms with Gasteiger partial charge < -0.3 is 14.7 Å². The molecule has 3 atom stereocenters. The maximum Gasteiger partial charge on any atom is 0.319 e. The highest BCUT2D eigenvalue weighted by Gasteiger charge is 2.49. The molecule has 216 valence electrons. The molecule has 2 aromatic carbocycles. The minimum atomic E-state index is -0.911. The average molecular weight is 574 g/mol. The van der Waals surface area contributed by atoms with Crippen molar-refractivity contribution in [1.29, 1.82) is 0 Å². The van der Waals surface area contributed by atoms with Gasteiger partial charge in [0.2, 0.25) is 0 Å². The van der Waals surface area contributed by atoms with E-state index in [9.17, 15) is 13.9 Å². The molecule has 0 bridgehead atoms. The van der Waals surface area contributed by atoms with Gasteiger partial charge in [-0.2, -0.15) is 9.97 Å². The van der Waals surface area contributed by atoms with Crippen LogP contribution in [0.4, 0.5) is 19.0 Å². The third kappa shape index (κ3) is 4.34. The zero-order chi connectivity index (χ0) is 29.0. The SMILES string of the molecule is C#Cc1c(F)ccc2cccc(-c3ncc4c(N5CC[C@@H](CO)C5)nc(OC[C@@]56CCCN5C[C@H](F)C6)nc4c3F)c12. The second-order valence-electron chi connectivity index (χ2n) is 11.6. The van der Waals surface area contributed by atoms with Crippen LogP contribution in [0.15, 0.2) is 36.5 Å². The molecule has 3 aliphatic rings. The molecule has 0 spiro atoms. The van der Waals surface area contributed by atoms with E-state index < -0.39 is 23.3 Å². The van der Waals surface area contributed by atoms with Crippen molar-refractivity contribution in [2.75, 3.05) is 44.3 Å². The predicted molar refractivity (Wildman–Crippen MR) is 154 cm³/mol. The Morgan fingerprint density at radius 2 is 2.02 bits per heavy atom. The first-order valence-corrected chi connectivity index (χ1v) is 14.3. The Labute approximate surface area is 241 Å². The second-order valence-corrected chi connectivity index (χ2v) is 11.6. The van der Waals surface area contributed by atoms with E-state index in [1.54, 1.807) is 24.3 Å². The molecule has 10 heteroatoms. The van der Waals surface area contributed by atoms with Crippen LogP contribution in [-0.2, 0) is 0 Å². The molecule has 0 saturated carbocycles. The molecular formula is C32H30F3N5O2. The van der Waals surface area contributed by atoms with E-state index in [1.165, 1.54) is 12.3 Å². The summed E-state index contributed by atoms with van der Waals surface area (Å²) in [5, 5.41) is 11.2. The maximum atomic E-state index is 16.5. The Hall–Kier alpha value is -3.94. The van der Waals surface area contributed by atoms with Crippen LogP contribution in [0, 0.1) is 29.9 Å². The van der Waals surface area contributed by atoms with Crippen LogP contribution in [0.1, 0.15) is 31.2 Å². The number of hydrogen-bond donors (Lipinski definition) is 1. The van der Waals surface area contributed by atoms with Crippen molar-refractivity contribution in [2.24, 2.45) is 5.92 Å². The van der Waals surface area contributed by atoms with Crippen LogP contribution >= 0.6 is 0 Å². The first-order chi connectivity index (χ1) is 20.4. The van der Waals surface area contributed by atoms with Crippen LogP contribution < -0.4 is 9.64 Å². The Morgan fingerprint density at radius 3 is 2.83 bits per heavy atom. The number of nitrogens with zero attached hydrogens (tertiary/aromatic N) is 5. The Kier molecular flexibility index (Phi) is 6.67. The standard InChI is InChI=1S/C32H30F3N5O2/c1-2-22-25(34)8-7-20-5-3-6-23(26(20)22)28-27(35)29-24(14-36-28)30(39-12-9-19(15-39)17-41)38-31(37-29)42-18-32-10-4-11-40(32)16-21(33)13-32/h1,3,5-8,14,19,21,41H,4,9-13,15-18H2/t19-,21-,32+/m1/s1. The van der Waals surface area contributed by atoms with Crippen molar-refractivity contribution in [2.45, 2.75) is 37.4 Å². The summed E-state index contributed by atoms with van der Waals surface area (Å²) in [6.07, 6.45) is 9.20. The number of ether oxygens (including phenoxy) is 1. The number of hydrogen-bond acceptors (Lipinski definition) is 7. The van der Waals surface area contributed by atoms with Crippen molar-refractivity contribution < 1.29 is 23.0 Å². The Bertz CT molecular complexity index is 1740. The maximum absolute atomic E-state index is 16.5. The summed E-state index contributed by atoms with van der Waals surface area (Å²) < 4.78 is 51.8. The van der Waals surface area contributed by atoms with Gasteiger partial charge >= 0.3 is 6.01 Å². The van der Waals surface area contributed by atoms with E-state index in [1.807, 2.05) is 4.90 Å². The smallest absolute Gasteiger partial charge is 0.319 e. The number of benzene rings is 2. The molecule has 4 aromatic rings. The summed E-state index contributed by atoms with van der Waals surface area (Å²) in [5.41, 5.74) is -0.0413. The zero-order valence-corrected chi connectivity index (χ0v) is 23.0. The van der Waals surface area contributed by atoms with Crippen molar-refractivity contribution in [3.63, 3.8) is 0 Å². The number of aliphatic hydroxyl groups excluding tert-OH is 1. The van der Waals surface area contributed by atoms with Gasteiger partial charge in [-0.25, -0.2) is 13.2 Å². The van der Waals surface area contributed by atoms with Gasteiger partial charge in [0, 0.05) is 55.7 Å². The number of aliphatic hydroxyl groups is 1. The number of fused-ring (bicyclic) bond motifs is 3. The average Bonchev–Trinajstić information content (AvgIpc) is 3.70. The lowest BCUT2D eigenvalue weighted by Crippen LogP contribution is -2.43. The van der Waals surface area contributed by atoms with Gasteiger partial charge in [0.15, 0.2) is 5.82 Å². The van der Waals surface area contributed by atoms with E-state index in [-0.39, 0.29) is 41.9 Å². The van der Waals surface area contributed by atoms with Crippen molar-refractivity contribution in [3.8, 4) is 29.6 Å². The number of aromatic nitrogens is 3. The quantitative estimate of drug-likeness (QED) is 0.330. The zero-order valence-electron chi connectivity index (χ0n) is 23.0. The van der Waals surface area contributed by atoms with Crippen molar-refractivity contribution >= 4 is 27.5 Å². The van der Waals surface area contributed by atoms with Crippen LogP contribution in [0.5, 0.6) is 6.01 Å². The molecule has 7 rings (SSSR count). The number of alkyl halides is 1. The van der Waals surface area contributed by atoms with Gasteiger partial charge in [0.25, 0.3) is 0 Å². The molecule has 0 aliphatic carbocycles. The fraction of sp³-hybridized carbons (Fsp3) is 0.406. The number of anilines is 1. The highest BCUT2D eigenvalue weighted by molar-refractivity contribution is 6.02. The summed E-state index contributed by atoms with van der Waals surface area (Å²) >= 11 is 0. The summed E-state index contributed by atoms with van der Waals surface area (Å²) in [7, 11) is 0. The molecule has 0 radical (unpaired) electrons. The molecule has 5 heterocycles. The van der Waals surface area contributed by atoms with Gasteiger partial charge in [-0.05, 0) is 37.3 Å². The lowest BCUT2D eigenvalue weighted by molar-refractivity contribution is 0.107. The van der Waals surface area contributed by atoms with Crippen LogP contribution in [0.25, 0.3) is 32.9 Å². The molecule has 3 saturated heterocycles. The fourth-order valence-corrected chi connectivity index (χ4v) is 7.03. The molecule has 1 N–H and O–H groups in total. The highest BCUT2D eigenvalue weighted by Crippen LogP contribution is 2.41. The molecule has 3 aliphatic heterocycles. The summed E-state index contributed by atoms with van der Waals surface area (Å²) in [4.78, 5) is 17.8. The first kappa shape index (κ1) is 26.9. The normalized spacial score (nSPS) is 24.0. The molecule has 3 fully saturated rings. The van der Waals surface area contributed by atoms with Gasteiger partial charge in [0.05, 0.1) is 16.5 Å². The van der Waals surface area contributed by atoms with Crippen LogP contribution in [-0.4, -0.2) is 76.1 Å². The monoisotopic (exact) mass is 573 g/mol. The molecule has 2 aromatic heterocycles. The van der Waals surface area contributed by atoms with Crippen molar-refractivity contribution in [3.05, 3.63) is 53.7 Å². The summed E-state index contributed by atoms with van der Waals surface area (Å²) in [5.74, 6) is 1.66. The molecule has 0 amide bonds. The molecular weight excluding hydrogens is 543 g/mol. The number of terminal acetylenes is 1. The topological polar surface area (TPSA) is 74.6 Å². The second kappa shape index (κ2) is 10.4. The number of rotatable bonds is 6. The Morgan fingerprint density at radius 1 is 1.14 bits per heavy atom. The third-order valence-electron chi connectivity index (χ3n) is 9.11. The van der Waals surface area contributed by atoms with E-state index >= 15 is 4.39 Å². The lowest BCUT2D eigenvalue weighted by Gasteiger charge is -2.31. The van der Waals surface area contributed by atoms with Gasteiger partial charge in [-0.15, -0.1) is 6.42 Å². The fourth-order valence-electron chi connectivity index (χ4n) is 7.03. The Balaban J connectivity index is 1.36. The highest BCUT2D eigenvalue weighted by atomic mass is 19.1. The molecule has 7 nitrogen and oxygen atoms in total. The lowest BCUT2D eigenvalue weighted by atomic mass is 9.95. The first-order valence-electron chi connectivity index (χ1n) is 14.3. The predicted octanol–water partition coefficient (Wildman–Crippen LogP) is 4.88. The molecule has 42 heavy (non-hydrogen) atoms. The minimum Gasteiger partial charge on any atom is -0.461 e. The van der Waals surface area contributed by atoms with Gasteiger partial charge in [-0.3, -0.25) is 9.88 Å². The van der Waals surface area contributed by atoms with Crippen LogP contribution in [0.3, 0.4) is 0 Å².